The predicted molar refractivity (Wildman–Crippen MR) is 141 cm³/mol. The number of rotatable bonds is 15. The number of fused-ring (bicyclic) bond motifs is 1. The summed E-state index contributed by atoms with van der Waals surface area (Å²) in [7, 11) is 0. The van der Waals surface area contributed by atoms with E-state index < -0.39 is 60.2 Å². The summed E-state index contributed by atoms with van der Waals surface area (Å²) in [5.41, 5.74) is 17.7. The fourth-order valence-corrected chi connectivity index (χ4v) is 3.73. The number of hydrogen-bond acceptors (Lipinski definition) is 7. The SMILES string of the molecule is CC(NC(=O)C(CCCN=C(N)N)NC(=O)C(N)CC(=O)O)C(=O)NC(Cc1c[nH]c2ccccc12)C(=O)O. The number of benzene rings is 1. The zero-order chi connectivity index (χ0) is 29.1. The fraction of sp³-hybridized carbons (Fsp3) is 0.417. The van der Waals surface area contributed by atoms with E-state index in [9.17, 15) is 29.1 Å². The average Bonchev–Trinajstić information content (AvgIpc) is 3.27. The third kappa shape index (κ3) is 9.62. The number of carboxylic acid groups (broad SMARTS) is 2. The van der Waals surface area contributed by atoms with Gasteiger partial charge in [-0.3, -0.25) is 24.2 Å². The quantitative estimate of drug-likeness (QED) is 0.0681. The van der Waals surface area contributed by atoms with Gasteiger partial charge in [-0.2, -0.15) is 0 Å². The number of carbonyl (C=O) groups excluding carboxylic acids is 3. The van der Waals surface area contributed by atoms with Gasteiger partial charge in [0.25, 0.3) is 0 Å². The lowest BCUT2D eigenvalue weighted by atomic mass is 10.0. The van der Waals surface area contributed by atoms with Gasteiger partial charge in [-0.25, -0.2) is 4.79 Å². The first-order valence-corrected chi connectivity index (χ1v) is 12.1. The molecular weight excluding hydrogens is 512 g/mol. The molecule has 1 aromatic carbocycles. The number of aromatic amines is 1. The normalized spacial score (nSPS) is 13.9. The van der Waals surface area contributed by atoms with Crippen molar-refractivity contribution in [3.8, 4) is 0 Å². The van der Waals surface area contributed by atoms with Crippen LogP contribution in [0.1, 0.15) is 31.7 Å². The van der Waals surface area contributed by atoms with Crippen molar-refractivity contribution in [3.05, 3.63) is 36.0 Å². The van der Waals surface area contributed by atoms with Gasteiger partial charge in [0.05, 0.1) is 12.5 Å². The van der Waals surface area contributed by atoms with Gasteiger partial charge in [0.1, 0.15) is 18.1 Å². The number of carbonyl (C=O) groups is 5. The predicted octanol–water partition coefficient (Wildman–Crippen LogP) is -1.88. The molecule has 0 saturated carbocycles. The van der Waals surface area contributed by atoms with Crippen LogP contribution in [0.15, 0.2) is 35.5 Å². The number of carboxylic acids is 2. The fourth-order valence-electron chi connectivity index (χ4n) is 3.73. The van der Waals surface area contributed by atoms with E-state index in [-0.39, 0.29) is 31.8 Å². The molecule has 0 radical (unpaired) electrons. The molecule has 0 aliphatic heterocycles. The standard InChI is InChI=1S/C24H34N8O7/c1-12(20(35)32-18(23(38)39)9-13-11-29-16-6-3-2-5-14(13)16)30-22(37)17(7-4-8-28-24(26)27)31-21(36)15(25)10-19(33)34/h2-3,5-6,11-12,15,17-18,29H,4,7-10,25H2,1H3,(H,30,37)(H,31,36)(H,32,35)(H,33,34)(H,38,39)(H4,26,27,28). The van der Waals surface area contributed by atoms with E-state index in [0.717, 1.165) is 10.9 Å². The maximum absolute atomic E-state index is 12.9. The molecule has 3 amide bonds. The molecule has 12 N–H and O–H groups in total. The van der Waals surface area contributed by atoms with Crippen LogP contribution >= 0.6 is 0 Å². The van der Waals surface area contributed by atoms with Crippen LogP contribution in [0, 0.1) is 0 Å². The molecule has 39 heavy (non-hydrogen) atoms. The largest absolute Gasteiger partial charge is 0.481 e. The molecule has 4 unspecified atom stereocenters. The van der Waals surface area contributed by atoms with Crippen LogP contribution in [0.3, 0.4) is 0 Å². The smallest absolute Gasteiger partial charge is 0.326 e. The van der Waals surface area contributed by atoms with E-state index in [2.05, 4.69) is 25.9 Å². The molecule has 212 valence electrons. The van der Waals surface area contributed by atoms with Crippen LogP contribution in [0.2, 0.25) is 0 Å². The van der Waals surface area contributed by atoms with E-state index in [1.165, 1.54) is 6.92 Å². The third-order valence-corrected chi connectivity index (χ3v) is 5.78. The van der Waals surface area contributed by atoms with Gasteiger partial charge in [0.15, 0.2) is 5.96 Å². The van der Waals surface area contributed by atoms with Crippen LogP contribution in [0.4, 0.5) is 0 Å². The molecule has 0 aliphatic rings. The maximum Gasteiger partial charge on any atom is 0.326 e. The first kappa shape index (κ1) is 30.6. The average molecular weight is 547 g/mol. The van der Waals surface area contributed by atoms with Gasteiger partial charge in [-0.1, -0.05) is 18.2 Å². The Morgan fingerprint density at radius 1 is 0.974 bits per heavy atom. The van der Waals surface area contributed by atoms with Gasteiger partial charge in [-0.05, 0) is 31.4 Å². The molecule has 0 aliphatic carbocycles. The number of nitrogens with one attached hydrogen (secondary N) is 4. The Hall–Kier alpha value is -4.66. The summed E-state index contributed by atoms with van der Waals surface area (Å²) in [6.45, 7) is 1.50. The summed E-state index contributed by atoms with van der Waals surface area (Å²) in [4.78, 5) is 67.6. The maximum atomic E-state index is 12.9. The minimum Gasteiger partial charge on any atom is -0.481 e. The van der Waals surface area contributed by atoms with Crippen molar-refractivity contribution in [3.63, 3.8) is 0 Å². The van der Waals surface area contributed by atoms with Crippen LogP contribution in [-0.2, 0) is 30.4 Å². The molecule has 0 saturated heterocycles. The van der Waals surface area contributed by atoms with Gasteiger partial charge in [0, 0.05) is 30.1 Å². The first-order valence-electron chi connectivity index (χ1n) is 12.1. The third-order valence-electron chi connectivity index (χ3n) is 5.78. The van der Waals surface area contributed by atoms with E-state index in [4.69, 9.17) is 22.3 Å². The number of amides is 3. The zero-order valence-corrected chi connectivity index (χ0v) is 21.3. The van der Waals surface area contributed by atoms with E-state index in [0.29, 0.717) is 5.56 Å². The summed E-state index contributed by atoms with van der Waals surface area (Å²) in [6.07, 6.45) is 1.32. The number of nitrogens with two attached hydrogens (primary N) is 3. The lowest BCUT2D eigenvalue weighted by Gasteiger charge is -2.23. The number of para-hydroxylation sites is 1. The molecule has 2 aromatic rings. The monoisotopic (exact) mass is 546 g/mol. The molecule has 15 nitrogen and oxygen atoms in total. The molecule has 15 heteroatoms. The highest BCUT2D eigenvalue weighted by molar-refractivity contribution is 5.94. The summed E-state index contributed by atoms with van der Waals surface area (Å²) in [5.74, 6) is -5.11. The van der Waals surface area contributed by atoms with Gasteiger partial charge < -0.3 is 48.3 Å². The Morgan fingerprint density at radius 2 is 1.64 bits per heavy atom. The van der Waals surface area contributed by atoms with Crippen molar-refractivity contribution in [2.45, 2.75) is 56.8 Å². The molecule has 2 rings (SSSR count). The second-order valence-electron chi connectivity index (χ2n) is 8.91. The number of nitrogens with zero attached hydrogens (tertiary/aromatic N) is 1. The number of aliphatic imine (C=N–C) groups is 1. The number of aliphatic carboxylic acids is 2. The topological polar surface area (TPSA) is 268 Å². The van der Waals surface area contributed by atoms with E-state index in [1.807, 2.05) is 24.3 Å². The highest BCUT2D eigenvalue weighted by Crippen LogP contribution is 2.19. The van der Waals surface area contributed by atoms with Gasteiger partial charge >= 0.3 is 11.9 Å². The van der Waals surface area contributed by atoms with Crippen LogP contribution in [0.5, 0.6) is 0 Å². The number of aromatic nitrogens is 1. The second-order valence-corrected chi connectivity index (χ2v) is 8.91. The van der Waals surface area contributed by atoms with Gasteiger partial charge in [-0.15, -0.1) is 0 Å². The minimum atomic E-state index is -1.41. The van der Waals surface area contributed by atoms with Crippen molar-refractivity contribution in [2.75, 3.05) is 6.54 Å². The second kappa shape index (κ2) is 14.3. The van der Waals surface area contributed by atoms with Crippen molar-refractivity contribution >= 4 is 46.5 Å². The lowest BCUT2D eigenvalue weighted by molar-refractivity contribution is -0.142. The van der Waals surface area contributed by atoms with E-state index >= 15 is 0 Å². The summed E-state index contributed by atoms with van der Waals surface area (Å²) < 4.78 is 0. The molecule has 1 aromatic heterocycles. The number of hydrogen-bond donors (Lipinski definition) is 9. The van der Waals surface area contributed by atoms with Crippen molar-refractivity contribution in [1.82, 2.24) is 20.9 Å². The highest BCUT2D eigenvalue weighted by atomic mass is 16.4. The Balaban J connectivity index is 2.05. The summed E-state index contributed by atoms with van der Waals surface area (Å²) in [5, 5.41) is 26.6. The lowest BCUT2D eigenvalue weighted by Crippen LogP contribution is -2.56. The zero-order valence-electron chi connectivity index (χ0n) is 21.3. The number of H-pyrrole nitrogens is 1. The Morgan fingerprint density at radius 3 is 2.28 bits per heavy atom. The Kier molecular flexibility index (Phi) is 11.2. The molecule has 4 atom stereocenters. The van der Waals surface area contributed by atoms with Crippen LogP contribution in [-0.4, -0.2) is 81.5 Å². The summed E-state index contributed by atoms with van der Waals surface area (Å²) >= 11 is 0. The molecular formula is C24H34N8O7. The van der Waals surface area contributed by atoms with Crippen molar-refractivity contribution in [1.29, 1.82) is 0 Å². The molecule has 1 heterocycles. The molecule has 0 bridgehead atoms. The van der Waals surface area contributed by atoms with Crippen molar-refractivity contribution < 1.29 is 34.2 Å². The molecule has 0 fully saturated rings. The van der Waals surface area contributed by atoms with Crippen LogP contribution in [0.25, 0.3) is 10.9 Å². The first-order chi connectivity index (χ1) is 18.4. The Bertz CT molecular complexity index is 1220. The minimum absolute atomic E-state index is 0.00328. The highest BCUT2D eigenvalue weighted by Gasteiger charge is 2.29. The van der Waals surface area contributed by atoms with Crippen molar-refractivity contribution in [2.24, 2.45) is 22.2 Å². The van der Waals surface area contributed by atoms with Gasteiger partial charge in [0.2, 0.25) is 17.7 Å². The van der Waals surface area contributed by atoms with Crippen LogP contribution < -0.4 is 33.2 Å². The summed E-state index contributed by atoms with van der Waals surface area (Å²) in [6, 6.07) is 2.26. The number of guanidine groups is 1. The Labute approximate surface area is 223 Å². The van der Waals surface area contributed by atoms with E-state index in [1.54, 1.807) is 6.20 Å². The molecule has 0 spiro atoms.